The van der Waals surface area contributed by atoms with E-state index in [1.165, 1.54) is 0 Å². The second kappa shape index (κ2) is 5.93. The van der Waals surface area contributed by atoms with Crippen LogP contribution in [0.3, 0.4) is 0 Å². The van der Waals surface area contributed by atoms with Gasteiger partial charge in [0.25, 0.3) is 0 Å². The molecule has 1 aromatic carbocycles. The Balaban J connectivity index is 1.68. The number of benzene rings is 1. The quantitative estimate of drug-likeness (QED) is 0.862. The standard InChI is InChI=1S/C18H26N2O4/c1-5-22-15-9-18(19,17(15,3)4)16(21)20-11(2)12-6-7-13-14(8-12)24-10-23-13/h6-8,11,15H,5,9-10,19H2,1-4H3,(H,20,21). The van der Waals surface area contributed by atoms with Crippen molar-refractivity contribution in [1.82, 2.24) is 5.32 Å². The molecule has 0 saturated heterocycles. The zero-order valence-electron chi connectivity index (χ0n) is 14.7. The van der Waals surface area contributed by atoms with Crippen LogP contribution in [0.25, 0.3) is 0 Å². The summed E-state index contributed by atoms with van der Waals surface area (Å²) in [7, 11) is 0. The van der Waals surface area contributed by atoms with E-state index in [4.69, 9.17) is 19.9 Å². The van der Waals surface area contributed by atoms with E-state index in [0.717, 1.165) is 11.3 Å². The molecule has 24 heavy (non-hydrogen) atoms. The summed E-state index contributed by atoms with van der Waals surface area (Å²) in [6.45, 7) is 8.72. The molecule has 0 spiro atoms. The first-order valence-electron chi connectivity index (χ1n) is 8.40. The molecule has 1 heterocycles. The van der Waals surface area contributed by atoms with E-state index in [9.17, 15) is 4.79 Å². The van der Waals surface area contributed by atoms with E-state index in [1.807, 2.05) is 45.9 Å². The summed E-state index contributed by atoms with van der Waals surface area (Å²) in [4.78, 5) is 12.8. The van der Waals surface area contributed by atoms with Gasteiger partial charge >= 0.3 is 0 Å². The normalized spacial score (nSPS) is 28.1. The summed E-state index contributed by atoms with van der Waals surface area (Å²) < 4.78 is 16.4. The number of carbonyl (C=O) groups excluding carboxylic acids is 1. The fourth-order valence-corrected chi connectivity index (χ4v) is 3.41. The zero-order chi connectivity index (χ0) is 17.5. The van der Waals surface area contributed by atoms with E-state index in [-0.39, 0.29) is 24.8 Å². The molecular weight excluding hydrogens is 308 g/mol. The minimum Gasteiger partial charge on any atom is -0.454 e. The Morgan fingerprint density at radius 1 is 1.42 bits per heavy atom. The van der Waals surface area contributed by atoms with Gasteiger partial charge in [-0.1, -0.05) is 19.9 Å². The fraction of sp³-hybridized carbons (Fsp3) is 0.611. The Kier molecular flexibility index (Phi) is 4.21. The van der Waals surface area contributed by atoms with Crippen LogP contribution < -0.4 is 20.5 Å². The highest BCUT2D eigenvalue weighted by Gasteiger charge is 2.62. The highest BCUT2D eigenvalue weighted by Crippen LogP contribution is 2.50. The molecule has 1 saturated carbocycles. The number of amides is 1. The predicted molar refractivity (Wildman–Crippen MR) is 89.9 cm³/mol. The van der Waals surface area contributed by atoms with E-state index >= 15 is 0 Å². The monoisotopic (exact) mass is 334 g/mol. The van der Waals surface area contributed by atoms with Gasteiger partial charge in [0.05, 0.1) is 12.1 Å². The Hall–Kier alpha value is -1.79. The molecule has 1 amide bonds. The van der Waals surface area contributed by atoms with Gasteiger partial charge in [-0.2, -0.15) is 0 Å². The van der Waals surface area contributed by atoms with Crippen molar-refractivity contribution in [2.75, 3.05) is 13.4 Å². The second-order valence-corrected chi connectivity index (χ2v) is 7.15. The van der Waals surface area contributed by atoms with Crippen molar-refractivity contribution in [3.05, 3.63) is 23.8 Å². The maximum absolute atomic E-state index is 12.8. The van der Waals surface area contributed by atoms with Crippen LogP contribution in [0.2, 0.25) is 0 Å². The van der Waals surface area contributed by atoms with Crippen LogP contribution in [-0.2, 0) is 9.53 Å². The minimum atomic E-state index is -0.919. The van der Waals surface area contributed by atoms with Crippen LogP contribution in [0.4, 0.5) is 0 Å². The molecule has 3 unspecified atom stereocenters. The number of hydrogen-bond donors (Lipinski definition) is 2. The van der Waals surface area contributed by atoms with Crippen molar-refractivity contribution in [3.8, 4) is 11.5 Å². The first kappa shape index (κ1) is 17.0. The molecule has 6 nitrogen and oxygen atoms in total. The van der Waals surface area contributed by atoms with Gasteiger partial charge in [0.1, 0.15) is 5.54 Å². The zero-order valence-corrected chi connectivity index (χ0v) is 14.7. The number of fused-ring (bicyclic) bond motifs is 1. The van der Waals surface area contributed by atoms with Gasteiger partial charge < -0.3 is 25.3 Å². The Morgan fingerprint density at radius 2 is 2.12 bits per heavy atom. The molecule has 3 rings (SSSR count). The summed E-state index contributed by atoms with van der Waals surface area (Å²) in [5.41, 5.74) is 6.06. The van der Waals surface area contributed by atoms with Gasteiger partial charge in [0.2, 0.25) is 12.7 Å². The number of rotatable bonds is 5. The molecular formula is C18H26N2O4. The third-order valence-electron chi connectivity index (χ3n) is 5.48. The minimum absolute atomic E-state index is 0.0131. The first-order chi connectivity index (χ1) is 11.3. The summed E-state index contributed by atoms with van der Waals surface area (Å²) in [5.74, 6) is 1.29. The lowest BCUT2D eigenvalue weighted by molar-refractivity contribution is -0.171. The SMILES string of the molecule is CCOC1CC(N)(C(=O)NC(C)c2ccc3c(c2)OCO3)C1(C)C. The Morgan fingerprint density at radius 3 is 2.79 bits per heavy atom. The molecule has 1 fully saturated rings. The molecule has 132 valence electrons. The average molecular weight is 334 g/mol. The van der Waals surface area contributed by atoms with Crippen LogP contribution in [-0.4, -0.2) is 30.9 Å². The van der Waals surface area contributed by atoms with Crippen molar-refractivity contribution in [2.24, 2.45) is 11.1 Å². The molecule has 0 radical (unpaired) electrons. The lowest BCUT2D eigenvalue weighted by Crippen LogP contribution is -2.75. The summed E-state index contributed by atoms with van der Waals surface area (Å²) in [5, 5.41) is 3.03. The topological polar surface area (TPSA) is 82.8 Å². The molecule has 2 aliphatic rings. The van der Waals surface area contributed by atoms with Gasteiger partial charge in [-0.25, -0.2) is 0 Å². The molecule has 6 heteroatoms. The average Bonchev–Trinajstić information content (AvgIpc) is 3.01. The maximum atomic E-state index is 12.8. The Labute approximate surface area is 142 Å². The van der Waals surface area contributed by atoms with Gasteiger partial charge in [-0.3, -0.25) is 4.79 Å². The number of nitrogens with one attached hydrogen (secondary N) is 1. The lowest BCUT2D eigenvalue weighted by atomic mass is 9.54. The van der Waals surface area contributed by atoms with Crippen LogP contribution in [0.1, 0.15) is 45.7 Å². The summed E-state index contributed by atoms with van der Waals surface area (Å²) in [6, 6.07) is 5.51. The van der Waals surface area contributed by atoms with Crippen molar-refractivity contribution in [2.45, 2.75) is 51.8 Å². The van der Waals surface area contributed by atoms with E-state index in [1.54, 1.807) is 0 Å². The van der Waals surface area contributed by atoms with Gasteiger partial charge in [0.15, 0.2) is 11.5 Å². The number of nitrogens with two attached hydrogens (primary N) is 1. The van der Waals surface area contributed by atoms with Crippen molar-refractivity contribution in [3.63, 3.8) is 0 Å². The van der Waals surface area contributed by atoms with Crippen LogP contribution in [0.15, 0.2) is 18.2 Å². The summed E-state index contributed by atoms with van der Waals surface area (Å²) >= 11 is 0. The van der Waals surface area contributed by atoms with E-state index in [0.29, 0.717) is 18.8 Å². The fourth-order valence-electron chi connectivity index (χ4n) is 3.41. The van der Waals surface area contributed by atoms with Crippen molar-refractivity contribution >= 4 is 5.91 Å². The second-order valence-electron chi connectivity index (χ2n) is 7.15. The van der Waals surface area contributed by atoms with Gasteiger partial charge in [-0.05, 0) is 31.5 Å². The largest absolute Gasteiger partial charge is 0.454 e. The van der Waals surface area contributed by atoms with E-state index < -0.39 is 11.0 Å². The van der Waals surface area contributed by atoms with Crippen LogP contribution in [0, 0.1) is 5.41 Å². The molecule has 3 N–H and O–H groups in total. The van der Waals surface area contributed by atoms with Crippen molar-refractivity contribution in [1.29, 1.82) is 0 Å². The van der Waals surface area contributed by atoms with Crippen LogP contribution >= 0.6 is 0 Å². The third kappa shape index (κ3) is 2.54. The molecule has 3 atom stereocenters. The predicted octanol–water partition coefficient (Wildman–Crippen LogP) is 2.12. The maximum Gasteiger partial charge on any atom is 0.241 e. The van der Waals surface area contributed by atoms with Gasteiger partial charge in [0, 0.05) is 18.4 Å². The summed E-state index contributed by atoms with van der Waals surface area (Å²) in [6.07, 6.45) is 0.548. The highest BCUT2D eigenvalue weighted by molar-refractivity contribution is 5.89. The molecule has 0 bridgehead atoms. The number of ether oxygens (including phenoxy) is 3. The molecule has 1 aliphatic carbocycles. The molecule has 0 aromatic heterocycles. The smallest absolute Gasteiger partial charge is 0.241 e. The lowest BCUT2D eigenvalue weighted by Gasteiger charge is -2.57. The molecule has 1 aromatic rings. The number of hydrogen-bond acceptors (Lipinski definition) is 5. The Bertz CT molecular complexity index is 646. The first-order valence-corrected chi connectivity index (χ1v) is 8.40. The number of carbonyl (C=O) groups is 1. The molecule has 1 aliphatic heterocycles. The van der Waals surface area contributed by atoms with Crippen molar-refractivity contribution < 1.29 is 19.0 Å². The third-order valence-corrected chi connectivity index (χ3v) is 5.48. The van der Waals surface area contributed by atoms with Crippen LogP contribution in [0.5, 0.6) is 11.5 Å². The van der Waals surface area contributed by atoms with E-state index in [2.05, 4.69) is 5.32 Å². The highest BCUT2D eigenvalue weighted by atomic mass is 16.7. The van der Waals surface area contributed by atoms with Gasteiger partial charge in [-0.15, -0.1) is 0 Å².